The third-order valence-corrected chi connectivity index (χ3v) is 3.54. The molecule has 1 heterocycles. The van der Waals surface area contributed by atoms with Crippen molar-refractivity contribution in [2.45, 2.75) is 32.0 Å². The van der Waals surface area contributed by atoms with Gasteiger partial charge in [-0.05, 0) is 25.5 Å². The maximum absolute atomic E-state index is 10.4. The number of hydrogen-bond acceptors (Lipinski definition) is 4. The summed E-state index contributed by atoms with van der Waals surface area (Å²) in [6.45, 7) is 4.97. The van der Waals surface area contributed by atoms with E-state index < -0.39 is 5.60 Å². The molecule has 0 bridgehead atoms. The number of aryl methyl sites for hydroxylation is 1. The third-order valence-electron chi connectivity index (χ3n) is 3.54. The van der Waals surface area contributed by atoms with Crippen molar-refractivity contribution in [1.29, 1.82) is 0 Å². The molecule has 0 amide bonds. The van der Waals surface area contributed by atoms with Crippen molar-refractivity contribution in [3.8, 4) is 0 Å². The first-order valence-corrected chi connectivity index (χ1v) is 5.96. The van der Waals surface area contributed by atoms with Crippen LogP contribution in [0.25, 0.3) is 0 Å². The first kappa shape index (κ1) is 12.2. The van der Waals surface area contributed by atoms with Gasteiger partial charge in [0.1, 0.15) is 5.60 Å². The molecule has 1 fully saturated rings. The lowest BCUT2D eigenvalue weighted by molar-refractivity contribution is -0.0175. The van der Waals surface area contributed by atoms with Gasteiger partial charge in [-0.15, -0.1) is 0 Å². The van der Waals surface area contributed by atoms with Gasteiger partial charge in [-0.25, -0.2) is 0 Å². The largest absolute Gasteiger partial charge is 0.397 e. The predicted octanol–water partition coefficient (Wildman–Crippen LogP) is 1.53. The van der Waals surface area contributed by atoms with Crippen molar-refractivity contribution < 1.29 is 9.84 Å². The smallest absolute Gasteiger partial charge is 0.110 e. The second-order valence-corrected chi connectivity index (χ2v) is 4.76. The topological polar surface area (TPSA) is 67.5 Å². The van der Waals surface area contributed by atoms with E-state index in [0.29, 0.717) is 25.3 Å². The minimum absolute atomic E-state index is 0.139. The molecule has 2 atom stereocenters. The van der Waals surface area contributed by atoms with Gasteiger partial charge in [0.15, 0.2) is 0 Å². The standard InChI is InChI=1S/C13H20N2O2/c1-9-4-3-5-11(14)12(9)15-8-13(16)6-7-17-10(13)2/h3-5,10,15-16H,6-8,14H2,1-2H3. The highest BCUT2D eigenvalue weighted by Gasteiger charge is 2.39. The van der Waals surface area contributed by atoms with Gasteiger partial charge in [0.2, 0.25) is 0 Å². The van der Waals surface area contributed by atoms with Crippen LogP contribution in [0.5, 0.6) is 0 Å². The van der Waals surface area contributed by atoms with Crippen molar-refractivity contribution in [1.82, 2.24) is 0 Å². The van der Waals surface area contributed by atoms with Crippen LogP contribution in [-0.4, -0.2) is 30.0 Å². The molecule has 94 valence electrons. The number of nitrogen functional groups attached to an aromatic ring is 1. The molecule has 0 radical (unpaired) electrons. The zero-order valence-electron chi connectivity index (χ0n) is 10.4. The highest BCUT2D eigenvalue weighted by Crippen LogP contribution is 2.28. The second-order valence-electron chi connectivity index (χ2n) is 4.76. The number of nitrogens with two attached hydrogens (primary N) is 1. The van der Waals surface area contributed by atoms with Gasteiger partial charge in [-0.1, -0.05) is 12.1 Å². The molecule has 17 heavy (non-hydrogen) atoms. The Labute approximate surface area is 102 Å². The molecular formula is C13H20N2O2. The second kappa shape index (κ2) is 4.55. The van der Waals surface area contributed by atoms with Gasteiger partial charge in [0.05, 0.1) is 17.5 Å². The summed E-state index contributed by atoms with van der Waals surface area (Å²) in [5.74, 6) is 0. The van der Waals surface area contributed by atoms with Crippen LogP contribution in [0, 0.1) is 6.92 Å². The van der Waals surface area contributed by atoms with E-state index in [2.05, 4.69) is 5.32 Å². The molecule has 4 N–H and O–H groups in total. The van der Waals surface area contributed by atoms with E-state index in [-0.39, 0.29) is 6.10 Å². The summed E-state index contributed by atoms with van der Waals surface area (Å²) < 4.78 is 5.40. The molecule has 0 aliphatic carbocycles. The number of rotatable bonds is 3. The maximum Gasteiger partial charge on any atom is 0.110 e. The minimum atomic E-state index is -0.797. The van der Waals surface area contributed by atoms with Crippen LogP contribution in [0.3, 0.4) is 0 Å². The van der Waals surface area contributed by atoms with E-state index in [1.807, 2.05) is 32.0 Å². The van der Waals surface area contributed by atoms with Crippen LogP contribution < -0.4 is 11.1 Å². The minimum Gasteiger partial charge on any atom is -0.397 e. The Morgan fingerprint density at radius 2 is 2.35 bits per heavy atom. The van der Waals surface area contributed by atoms with Gasteiger partial charge in [0, 0.05) is 19.6 Å². The molecule has 2 unspecified atom stereocenters. The third kappa shape index (κ3) is 2.37. The number of aliphatic hydroxyl groups is 1. The summed E-state index contributed by atoms with van der Waals surface area (Å²) in [6, 6.07) is 5.77. The van der Waals surface area contributed by atoms with Gasteiger partial charge in [-0.2, -0.15) is 0 Å². The summed E-state index contributed by atoms with van der Waals surface area (Å²) in [4.78, 5) is 0. The fraction of sp³-hybridized carbons (Fsp3) is 0.538. The van der Waals surface area contributed by atoms with Crippen molar-refractivity contribution in [3.63, 3.8) is 0 Å². The molecule has 1 saturated heterocycles. The number of nitrogens with one attached hydrogen (secondary N) is 1. The average molecular weight is 236 g/mol. The zero-order chi connectivity index (χ0) is 12.5. The lowest BCUT2D eigenvalue weighted by atomic mass is 9.96. The van der Waals surface area contributed by atoms with Gasteiger partial charge in [-0.3, -0.25) is 0 Å². The molecule has 0 spiro atoms. The van der Waals surface area contributed by atoms with Gasteiger partial charge < -0.3 is 20.9 Å². The quantitative estimate of drug-likeness (QED) is 0.696. The average Bonchev–Trinajstić information content (AvgIpc) is 2.59. The molecule has 1 aliphatic rings. The summed E-state index contributed by atoms with van der Waals surface area (Å²) in [5, 5.41) is 13.6. The Balaban J connectivity index is 2.07. The Morgan fingerprint density at radius 3 is 2.94 bits per heavy atom. The monoisotopic (exact) mass is 236 g/mol. The van der Waals surface area contributed by atoms with E-state index in [4.69, 9.17) is 10.5 Å². The number of benzene rings is 1. The van der Waals surface area contributed by atoms with Crippen molar-refractivity contribution in [2.24, 2.45) is 0 Å². The first-order chi connectivity index (χ1) is 8.03. The van der Waals surface area contributed by atoms with Crippen molar-refractivity contribution in [3.05, 3.63) is 23.8 Å². The molecule has 1 aliphatic heterocycles. The molecular weight excluding hydrogens is 216 g/mol. The number of ether oxygens (including phenoxy) is 1. The first-order valence-electron chi connectivity index (χ1n) is 5.96. The number of anilines is 2. The molecule has 2 rings (SSSR count). The highest BCUT2D eigenvalue weighted by atomic mass is 16.5. The lowest BCUT2D eigenvalue weighted by Gasteiger charge is -2.27. The van der Waals surface area contributed by atoms with E-state index in [1.165, 1.54) is 0 Å². The van der Waals surface area contributed by atoms with E-state index in [9.17, 15) is 5.11 Å². The summed E-state index contributed by atoms with van der Waals surface area (Å²) >= 11 is 0. The lowest BCUT2D eigenvalue weighted by Crippen LogP contribution is -2.43. The van der Waals surface area contributed by atoms with Gasteiger partial charge >= 0.3 is 0 Å². The van der Waals surface area contributed by atoms with Gasteiger partial charge in [0.25, 0.3) is 0 Å². The normalized spacial score (nSPS) is 28.3. The predicted molar refractivity (Wildman–Crippen MR) is 69.1 cm³/mol. The Bertz CT molecular complexity index is 388. The fourth-order valence-corrected chi connectivity index (χ4v) is 2.18. The zero-order valence-corrected chi connectivity index (χ0v) is 10.4. The SMILES string of the molecule is Cc1cccc(N)c1NCC1(O)CCOC1C. The Morgan fingerprint density at radius 1 is 1.59 bits per heavy atom. The summed E-state index contributed by atoms with van der Waals surface area (Å²) in [6.07, 6.45) is 0.521. The Kier molecular flexibility index (Phi) is 3.26. The van der Waals surface area contributed by atoms with E-state index in [0.717, 1.165) is 11.3 Å². The number of hydrogen-bond donors (Lipinski definition) is 3. The van der Waals surface area contributed by atoms with Crippen LogP contribution in [-0.2, 0) is 4.74 Å². The fourth-order valence-electron chi connectivity index (χ4n) is 2.18. The summed E-state index contributed by atoms with van der Waals surface area (Å²) in [5.41, 5.74) is 7.81. The van der Waals surface area contributed by atoms with Crippen LogP contribution in [0.2, 0.25) is 0 Å². The van der Waals surface area contributed by atoms with Crippen LogP contribution in [0.1, 0.15) is 18.9 Å². The molecule has 0 aromatic heterocycles. The molecule has 1 aromatic rings. The van der Waals surface area contributed by atoms with Crippen LogP contribution in [0.4, 0.5) is 11.4 Å². The molecule has 0 saturated carbocycles. The van der Waals surface area contributed by atoms with E-state index >= 15 is 0 Å². The Hall–Kier alpha value is -1.26. The maximum atomic E-state index is 10.4. The van der Waals surface area contributed by atoms with E-state index in [1.54, 1.807) is 0 Å². The summed E-state index contributed by atoms with van der Waals surface area (Å²) in [7, 11) is 0. The highest BCUT2D eigenvalue weighted by molar-refractivity contribution is 5.69. The van der Waals surface area contributed by atoms with Crippen LogP contribution in [0.15, 0.2) is 18.2 Å². The molecule has 4 nitrogen and oxygen atoms in total. The van der Waals surface area contributed by atoms with Crippen molar-refractivity contribution >= 4 is 11.4 Å². The molecule has 1 aromatic carbocycles. The van der Waals surface area contributed by atoms with Crippen molar-refractivity contribution in [2.75, 3.05) is 24.2 Å². The van der Waals surface area contributed by atoms with Crippen LogP contribution >= 0.6 is 0 Å². The molecule has 4 heteroatoms. The number of para-hydroxylation sites is 1.